The monoisotopic (exact) mass is 479 g/mol. The number of aromatic hydroxyl groups is 1. The summed E-state index contributed by atoms with van der Waals surface area (Å²) in [4.78, 5) is 0. The molecule has 0 amide bonds. The highest BCUT2D eigenvalue weighted by molar-refractivity contribution is 6.42. The lowest BCUT2D eigenvalue weighted by atomic mass is 9.78. The normalized spacial score (nSPS) is 15.1. The minimum absolute atomic E-state index is 0.121. The summed E-state index contributed by atoms with van der Waals surface area (Å²) in [5, 5.41) is 16.6. The summed E-state index contributed by atoms with van der Waals surface area (Å²) in [7, 11) is 0. The third-order valence-corrected chi connectivity index (χ3v) is 7.31. The molecule has 0 bridgehead atoms. The molecular weight excluding hydrogens is 460 g/mol. The Morgan fingerprint density at radius 2 is 1.40 bits per heavy atom. The molecule has 0 radical (unpaired) electrons. The quantitative estimate of drug-likeness (QED) is 0.384. The van der Waals surface area contributed by atoms with E-state index in [9.17, 15) is 5.11 Å². The van der Waals surface area contributed by atoms with Crippen molar-refractivity contribution in [3.63, 3.8) is 0 Å². The van der Waals surface area contributed by atoms with E-state index in [1.54, 1.807) is 18.2 Å². The van der Waals surface area contributed by atoms with Crippen LogP contribution in [0, 0.1) is 0 Å². The van der Waals surface area contributed by atoms with Gasteiger partial charge in [0.1, 0.15) is 5.75 Å². The maximum atomic E-state index is 11.1. The average molecular weight is 481 g/mol. The minimum atomic E-state index is 0.121. The van der Waals surface area contributed by atoms with Gasteiger partial charge in [-0.25, -0.2) is 0 Å². The number of halogens is 4. The SMILES string of the molecule is CC1(NCc2cc(-c3ccc(Cl)c(Cl)c3)cc(-c3ccc(Cl)c(Cl)c3)c2O)CCC1. The van der Waals surface area contributed by atoms with Crippen LogP contribution in [0.4, 0.5) is 0 Å². The van der Waals surface area contributed by atoms with Crippen molar-refractivity contribution in [2.24, 2.45) is 0 Å². The van der Waals surface area contributed by atoms with Crippen LogP contribution in [0.2, 0.25) is 20.1 Å². The lowest BCUT2D eigenvalue weighted by Gasteiger charge is -2.39. The number of phenols is 1. The molecule has 1 aliphatic carbocycles. The highest BCUT2D eigenvalue weighted by Gasteiger charge is 2.31. The minimum Gasteiger partial charge on any atom is -0.507 e. The van der Waals surface area contributed by atoms with Crippen molar-refractivity contribution in [1.82, 2.24) is 5.32 Å². The van der Waals surface area contributed by atoms with Gasteiger partial charge < -0.3 is 10.4 Å². The number of nitrogens with one attached hydrogen (secondary N) is 1. The molecule has 2 nitrogen and oxygen atoms in total. The molecular formula is C24H21Cl4NO. The Bertz CT molecular complexity index is 1110. The van der Waals surface area contributed by atoms with Crippen LogP contribution in [-0.2, 0) is 6.54 Å². The van der Waals surface area contributed by atoms with Crippen LogP contribution in [0.3, 0.4) is 0 Å². The van der Waals surface area contributed by atoms with Gasteiger partial charge >= 0.3 is 0 Å². The summed E-state index contributed by atoms with van der Waals surface area (Å²) in [5.74, 6) is 0.229. The van der Waals surface area contributed by atoms with E-state index >= 15 is 0 Å². The second-order valence-electron chi connectivity index (χ2n) is 8.06. The van der Waals surface area contributed by atoms with Crippen LogP contribution in [0.1, 0.15) is 31.7 Å². The number of rotatable bonds is 5. The Kier molecular flexibility index (Phi) is 6.25. The Balaban J connectivity index is 1.81. The largest absolute Gasteiger partial charge is 0.507 e. The highest BCUT2D eigenvalue weighted by atomic mass is 35.5. The predicted molar refractivity (Wildman–Crippen MR) is 128 cm³/mol. The summed E-state index contributed by atoms with van der Waals surface area (Å²) in [6.07, 6.45) is 3.51. The van der Waals surface area contributed by atoms with Crippen LogP contribution in [0.5, 0.6) is 5.75 Å². The third-order valence-electron chi connectivity index (χ3n) is 5.84. The van der Waals surface area contributed by atoms with E-state index in [-0.39, 0.29) is 11.3 Å². The Morgan fingerprint density at radius 1 is 0.800 bits per heavy atom. The van der Waals surface area contributed by atoms with Gasteiger partial charge in [0, 0.05) is 23.2 Å². The average Bonchev–Trinajstić information content (AvgIpc) is 2.70. The third kappa shape index (κ3) is 4.44. The topological polar surface area (TPSA) is 32.3 Å². The Hall–Kier alpha value is -1.42. The lowest BCUT2D eigenvalue weighted by Crippen LogP contribution is -2.47. The molecule has 30 heavy (non-hydrogen) atoms. The standard InChI is InChI=1S/C24H21Cl4NO/c1-24(7-2-8-24)29-13-17-9-16(14-3-5-19(25)21(27)11-14)10-18(23(17)30)15-4-6-20(26)22(28)12-15/h3-6,9-12,29-30H,2,7-8,13H2,1H3. The van der Waals surface area contributed by atoms with Gasteiger partial charge in [-0.2, -0.15) is 0 Å². The molecule has 1 saturated carbocycles. The van der Waals surface area contributed by atoms with Crippen molar-refractivity contribution < 1.29 is 5.11 Å². The molecule has 0 aromatic heterocycles. The number of phenolic OH excluding ortho intramolecular Hbond substituents is 1. The summed E-state index contributed by atoms with van der Waals surface area (Å²) >= 11 is 24.7. The van der Waals surface area contributed by atoms with Crippen molar-refractivity contribution >= 4 is 46.4 Å². The molecule has 1 fully saturated rings. The first-order chi connectivity index (χ1) is 14.3. The summed E-state index contributed by atoms with van der Waals surface area (Å²) in [6.45, 7) is 2.78. The Morgan fingerprint density at radius 3 is 1.97 bits per heavy atom. The zero-order chi connectivity index (χ0) is 21.5. The van der Waals surface area contributed by atoms with Gasteiger partial charge in [0.2, 0.25) is 0 Å². The van der Waals surface area contributed by atoms with Crippen LogP contribution in [-0.4, -0.2) is 10.6 Å². The van der Waals surface area contributed by atoms with Crippen molar-refractivity contribution in [3.05, 3.63) is 74.2 Å². The predicted octanol–water partition coefficient (Wildman–Crippen LogP) is 8.37. The molecule has 0 spiro atoms. The van der Waals surface area contributed by atoms with Gasteiger partial charge in [0.25, 0.3) is 0 Å². The van der Waals surface area contributed by atoms with E-state index in [1.165, 1.54) is 6.42 Å². The van der Waals surface area contributed by atoms with Crippen molar-refractivity contribution in [1.29, 1.82) is 0 Å². The van der Waals surface area contributed by atoms with Crippen LogP contribution >= 0.6 is 46.4 Å². The zero-order valence-corrected chi connectivity index (χ0v) is 19.4. The fraction of sp³-hybridized carbons (Fsp3) is 0.250. The fourth-order valence-electron chi connectivity index (χ4n) is 3.75. The van der Waals surface area contributed by atoms with Gasteiger partial charge in [-0.3, -0.25) is 0 Å². The van der Waals surface area contributed by atoms with Crippen LogP contribution in [0.15, 0.2) is 48.5 Å². The van der Waals surface area contributed by atoms with Crippen LogP contribution in [0.25, 0.3) is 22.3 Å². The molecule has 0 atom stereocenters. The smallest absolute Gasteiger partial charge is 0.127 e. The molecule has 3 aromatic rings. The molecule has 0 unspecified atom stereocenters. The maximum absolute atomic E-state index is 11.1. The highest BCUT2D eigenvalue weighted by Crippen LogP contribution is 2.40. The fourth-order valence-corrected chi connectivity index (χ4v) is 4.34. The molecule has 0 aliphatic heterocycles. The van der Waals surface area contributed by atoms with Gasteiger partial charge in [-0.1, -0.05) is 58.5 Å². The summed E-state index contributed by atoms with van der Waals surface area (Å²) < 4.78 is 0. The van der Waals surface area contributed by atoms with Gasteiger partial charge in [-0.15, -0.1) is 0 Å². The molecule has 0 saturated heterocycles. The van der Waals surface area contributed by atoms with E-state index in [4.69, 9.17) is 46.4 Å². The van der Waals surface area contributed by atoms with Gasteiger partial charge in [-0.05, 0) is 79.3 Å². The maximum Gasteiger partial charge on any atom is 0.127 e. The second kappa shape index (κ2) is 8.61. The Labute approximate surface area is 196 Å². The number of hydrogen-bond donors (Lipinski definition) is 2. The van der Waals surface area contributed by atoms with Crippen molar-refractivity contribution in [2.75, 3.05) is 0 Å². The molecule has 1 aliphatic rings. The molecule has 3 aromatic carbocycles. The first kappa shape index (κ1) is 21.8. The molecule has 6 heteroatoms. The van der Waals surface area contributed by atoms with E-state index in [0.717, 1.165) is 35.1 Å². The van der Waals surface area contributed by atoms with Gasteiger partial charge in [0.15, 0.2) is 0 Å². The molecule has 156 valence electrons. The van der Waals surface area contributed by atoms with E-state index in [0.29, 0.717) is 32.2 Å². The molecule has 4 rings (SSSR count). The number of benzene rings is 3. The van der Waals surface area contributed by atoms with Crippen molar-refractivity contribution in [2.45, 2.75) is 38.3 Å². The second-order valence-corrected chi connectivity index (χ2v) is 9.69. The molecule has 2 N–H and O–H groups in total. The first-order valence-corrected chi connectivity index (χ1v) is 11.3. The van der Waals surface area contributed by atoms with E-state index in [2.05, 4.69) is 12.2 Å². The first-order valence-electron chi connectivity index (χ1n) is 9.77. The van der Waals surface area contributed by atoms with Gasteiger partial charge in [0.05, 0.1) is 20.1 Å². The zero-order valence-electron chi connectivity index (χ0n) is 16.4. The summed E-state index contributed by atoms with van der Waals surface area (Å²) in [5.41, 5.74) is 4.26. The number of hydrogen-bond acceptors (Lipinski definition) is 2. The van der Waals surface area contributed by atoms with E-state index < -0.39 is 0 Å². The molecule has 0 heterocycles. The van der Waals surface area contributed by atoms with E-state index in [1.807, 2.05) is 30.3 Å². The van der Waals surface area contributed by atoms with Crippen molar-refractivity contribution in [3.8, 4) is 28.0 Å². The summed E-state index contributed by atoms with van der Waals surface area (Å²) in [6, 6.07) is 14.8. The lowest BCUT2D eigenvalue weighted by molar-refractivity contribution is 0.206. The van der Waals surface area contributed by atoms with Crippen LogP contribution < -0.4 is 5.32 Å².